The molecule has 2 aromatic rings. The molecule has 2 amide bonds. The summed E-state index contributed by atoms with van der Waals surface area (Å²) < 4.78 is 1.76. The van der Waals surface area contributed by atoms with Crippen molar-refractivity contribution in [3.8, 4) is 0 Å². The lowest BCUT2D eigenvalue weighted by Gasteiger charge is -2.50. The Kier molecular flexibility index (Phi) is 4.93. The first-order valence-electron chi connectivity index (χ1n) is 9.84. The number of aromatic nitrogens is 2. The summed E-state index contributed by atoms with van der Waals surface area (Å²) in [6.45, 7) is 6.35. The van der Waals surface area contributed by atoms with Crippen molar-refractivity contribution in [1.82, 2.24) is 24.9 Å². The van der Waals surface area contributed by atoms with Crippen LogP contribution in [0.15, 0.2) is 42.7 Å². The first kappa shape index (κ1) is 18.7. The number of hydrogen-bond acceptors (Lipinski definition) is 4. The number of nitrogens with one attached hydrogen (secondary N) is 1. The zero-order chi connectivity index (χ0) is 19.7. The van der Waals surface area contributed by atoms with E-state index in [4.69, 9.17) is 0 Å². The summed E-state index contributed by atoms with van der Waals surface area (Å²) in [6, 6.07) is 10.3. The molecule has 1 N–H and O–H groups in total. The Morgan fingerprint density at radius 3 is 2.61 bits per heavy atom. The van der Waals surface area contributed by atoms with Crippen LogP contribution < -0.4 is 5.32 Å². The average molecular weight is 381 g/mol. The maximum Gasteiger partial charge on any atom is 0.257 e. The topological polar surface area (TPSA) is 70.5 Å². The molecule has 0 radical (unpaired) electrons. The number of benzene rings is 1. The number of amides is 2. The molecule has 28 heavy (non-hydrogen) atoms. The Labute approximate surface area is 165 Å². The highest BCUT2D eigenvalue weighted by Crippen LogP contribution is 2.45. The van der Waals surface area contributed by atoms with Crippen LogP contribution >= 0.6 is 0 Å². The third kappa shape index (κ3) is 3.30. The molecule has 3 heterocycles. The molecular weight excluding hydrogens is 354 g/mol. The van der Waals surface area contributed by atoms with Crippen LogP contribution in [0.3, 0.4) is 0 Å². The van der Waals surface area contributed by atoms with Crippen LogP contribution in [0.1, 0.15) is 22.8 Å². The van der Waals surface area contributed by atoms with Gasteiger partial charge in [0, 0.05) is 57.9 Å². The molecule has 1 atom stereocenters. The zero-order valence-corrected chi connectivity index (χ0v) is 16.5. The van der Waals surface area contributed by atoms with Gasteiger partial charge in [-0.3, -0.25) is 19.2 Å². The van der Waals surface area contributed by atoms with Crippen molar-refractivity contribution in [3.63, 3.8) is 0 Å². The van der Waals surface area contributed by atoms with E-state index in [9.17, 15) is 9.59 Å². The van der Waals surface area contributed by atoms with Gasteiger partial charge in [-0.05, 0) is 12.5 Å². The summed E-state index contributed by atoms with van der Waals surface area (Å²) in [5.74, 6) is -0.0208. The summed E-state index contributed by atoms with van der Waals surface area (Å²) >= 11 is 0. The monoisotopic (exact) mass is 381 g/mol. The van der Waals surface area contributed by atoms with E-state index in [0.29, 0.717) is 18.7 Å². The van der Waals surface area contributed by atoms with Crippen molar-refractivity contribution < 1.29 is 9.59 Å². The number of rotatable bonds is 5. The first-order valence-corrected chi connectivity index (χ1v) is 9.84. The van der Waals surface area contributed by atoms with Gasteiger partial charge >= 0.3 is 0 Å². The van der Waals surface area contributed by atoms with Gasteiger partial charge in [0.1, 0.15) is 0 Å². The molecule has 2 aliphatic rings. The summed E-state index contributed by atoms with van der Waals surface area (Å²) in [5.41, 5.74) is 1.70. The van der Waals surface area contributed by atoms with Crippen LogP contribution in [0.4, 0.5) is 0 Å². The maximum atomic E-state index is 12.8. The maximum absolute atomic E-state index is 12.8. The molecule has 0 bridgehead atoms. The van der Waals surface area contributed by atoms with Crippen LogP contribution in [0.2, 0.25) is 0 Å². The van der Waals surface area contributed by atoms with E-state index in [-0.39, 0.29) is 23.1 Å². The Morgan fingerprint density at radius 1 is 1.21 bits per heavy atom. The van der Waals surface area contributed by atoms with Gasteiger partial charge in [0.05, 0.1) is 17.7 Å². The highest BCUT2D eigenvalue weighted by Gasteiger charge is 2.57. The molecule has 2 saturated heterocycles. The standard InChI is InChI=1S/C21H27N5O2/c1-3-26-11-17(9-23-26)20(28)25-14-21(15-25)13-24(12-18(21)19(27)22-2)10-16-7-5-4-6-8-16/h4-9,11,18H,3,10,12-15H2,1-2H3,(H,22,27). The molecule has 1 unspecified atom stereocenters. The average Bonchev–Trinajstić information content (AvgIpc) is 3.31. The van der Waals surface area contributed by atoms with Crippen LogP contribution in [0, 0.1) is 11.3 Å². The minimum absolute atomic E-state index is 0.00231. The van der Waals surface area contributed by atoms with Crippen molar-refractivity contribution in [1.29, 1.82) is 0 Å². The van der Waals surface area contributed by atoms with Crippen LogP contribution in [0.25, 0.3) is 0 Å². The van der Waals surface area contributed by atoms with E-state index in [1.54, 1.807) is 24.1 Å². The molecular formula is C21H27N5O2. The predicted octanol–water partition coefficient (Wildman–Crippen LogP) is 1.22. The normalized spacial score (nSPS) is 20.9. The fourth-order valence-electron chi connectivity index (χ4n) is 4.58. The molecule has 0 saturated carbocycles. The van der Waals surface area contributed by atoms with Crippen LogP contribution in [-0.4, -0.2) is 64.6 Å². The second-order valence-electron chi connectivity index (χ2n) is 7.93. The molecule has 148 valence electrons. The molecule has 4 rings (SSSR count). The Balaban J connectivity index is 1.46. The Hall–Kier alpha value is -2.67. The minimum Gasteiger partial charge on any atom is -0.359 e. The zero-order valence-electron chi connectivity index (χ0n) is 16.5. The number of aryl methyl sites for hydroxylation is 1. The largest absolute Gasteiger partial charge is 0.359 e. The molecule has 2 aliphatic heterocycles. The highest BCUT2D eigenvalue weighted by molar-refractivity contribution is 5.94. The van der Waals surface area contributed by atoms with E-state index >= 15 is 0 Å². The van der Waals surface area contributed by atoms with Gasteiger partial charge in [-0.1, -0.05) is 30.3 Å². The number of hydrogen-bond donors (Lipinski definition) is 1. The fourth-order valence-corrected chi connectivity index (χ4v) is 4.58. The summed E-state index contributed by atoms with van der Waals surface area (Å²) in [5, 5.41) is 7.02. The molecule has 2 fully saturated rings. The Morgan fingerprint density at radius 2 is 1.96 bits per heavy atom. The Bertz CT molecular complexity index is 857. The summed E-state index contributed by atoms with van der Waals surface area (Å²) in [6.07, 6.45) is 3.42. The van der Waals surface area contributed by atoms with Gasteiger partial charge in [0.2, 0.25) is 5.91 Å². The number of nitrogens with zero attached hydrogens (tertiary/aromatic N) is 4. The van der Waals surface area contributed by atoms with Gasteiger partial charge in [0.25, 0.3) is 5.91 Å². The van der Waals surface area contributed by atoms with E-state index in [1.807, 2.05) is 30.0 Å². The molecule has 0 aliphatic carbocycles. The van der Waals surface area contributed by atoms with E-state index in [1.165, 1.54) is 5.56 Å². The molecule has 7 nitrogen and oxygen atoms in total. The summed E-state index contributed by atoms with van der Waals surface area (Å²) in [7, 11) is 1.69. The fraction of sp³-hybridized carbons (Fsp3) is 0.476. The minimum atomic E-state index is -0.161. The van der Waals surface area contributed by atoms with Gasteiger partial charge in [-0.2, -0.15) is 5.10 Å². The lowest BCUT2D eigenvalue weighted by atomic mass is 9.71. The molecule has 7 heteroatoms. The van der Waals surface area contributed by atoms with Crippen LogP contribution in [0.5, 0.6) is 0 Å². The molecule has 1 aromatic heterocycles. The van der Waals surface area contributed by atoms with Crippen molar-refractivity contribution in [2.75, 3.05) is 33.2 Å². The van der Waals surface area contributed by atoms with E-state index in [0.717, 1.165) is 26.2 Å². The third-order valence-electron chi connectivity index (χ3n) is 6.03. The summed E-state index contributed by atoms with van der Waals surface area (Å²) in [4.78, 5) is 29.5. The smallest absolute Gasteiger partial charge is 0.257 e. The van der Waals surface area contributed by atoms with Gasteiger partial charge in [0.15, 0.2) is 0 Å². The molecule has 1 aromatic carbocycles. The number of carbonyl (C=O) groups excluding carboxylic acids is 2. The predicted molar refractivity (Wildman–Crippen MR) is 106 cm³/mol. The van der Waals surface area contributed by atoms with Crippen molar-refractivity contribution >= 4 is 11.8 Å². The quantitative estimate of drug-likeness (QED) is 0.846. The van der Waals surface area contributed by atoms with Gasteiger partial charge in [-0.25, -0.2) is 0 Å². The first-order chi connectivity index (χ1) is 13.5. The van der Waals surface area contributed by atoms with E-state index in [2.05, 4.69) is 27.4 Å². The van der Waals surface area contributed by atoms with Gasteiger partial charge < -0.3 is 10.2 Å². The van der Waals surface area contributed by atoms with Crippen molar-refractivity contribution in [3.05, 3.63) is 53.9 Å². The van der Waals surface area contributed by atoms with Gasteiger partial charge in [-0.15, -0.1) is 0 Å². The van der Waals surface area contributed by atoms with Crippen LogP contribution in [-0.2, 0) is 17.9 Å². The SMILES string of the molecule is CCn1cc(C(=O)N2CC3(CN(Cc4ccccc4)CC3C(=O)NC)C2)cn1. The van der Waals surface area contributed by atoms with Crippen molar-refractivity contribution in [2.45, 2.75) is 20.0 Å². The number of likely N-dealkylation sites (tertiary alicyclic amines) is 2. The highest BCUT2D eigenvalue weighted by atomic mass is 16.2. The third-order valence-corrected chi connectivity index (χ3v) is 6.03. The number of carbonyl (C=O) groups is 2. The lowest BCUT2D eigenvalue weighted by Crippen LogP contribution is -2.63. The van der Waals surface area contributed by atoms with Crippen molar-refractivity contribution in [2.24, 2.45) is 11.3 Å². The second-order valence-corrected chi connectivity index (χ2v) is 7.93. The van der Waals surface area contributed by atoms with E-state index < -0.39 is 0 Å². The second kappa shape index (κ2) is 7.39. The lowest BCUT2D eigenvalue weighted by molar-refractivity contribution is -0.130. The molecule has 1 spiro atoms.